The van der Waals surface area contributed by atoms with Crippen LogP contribution in [-0.4, -0.2) is 11.1 Å². The summed E-state index contributed by atoms with van der Waals surface area (Å²) in [5.41, 5.74) is 0.0286. The van der Waals surface area contributed by atoms with E-state index >= 15 is 0 Å². The van der Waals surface area contributed by atoms with Gasteiger partial charge in [-0.25, -0.2) is 0 Å². The van der Waals surface area contributed by atoms with Crippen LogP contribution in [0.25, 0.3) is 10.1 Å². The van der Waals surface area contributed by atoms with Crippen molar-refractivity contribution in [3.8, 4) is 0 Å². The van der Waals surface area contributed by atoms with Gasteiger partial charge in [0.1, 0.15) is 0 Å². The van der Waals surface area contributed by atoms with Crippen LogP contribution in [-0.2, 0) is 10.2 Å². The summed E-state index contributed by atoms with van der Waals surface area (Å²) in [6.45, 7) is 5.53. The van der Waals surface area contributed by atoms with Crippen molar-refractivity contribution < 1.29 is 9.90 Å². The van der Waals surface area contributed by atoms with Gasteiger partial charge < -0.3 is 5.11 Å². The molecule has 0 saturated carbocycles. The van der Waals surface area contributed by atoms with Gasteiger partial charge in [-0.15, -0.1) is 11.3 Å². The molecule has 16 heavy (non-hydrogen) atoms. The van der Waals surface area contributed by atoms with Gasteiger partial charge in [0.25, 0.3) is 0 Å². The van der Waals surface area contributed by atoms with Gasteiger partial charge in [-0.05, 0) is 43.9 Å². The highest BCUT2D eigenvalue weighted by atomic mass is 32.1. The Kier molecular flexibility index (Phi) is 2.50. The molecule has 0 bridgehead atoms. The predicted octanol–water partition coefficient (Wildman–Crippen LogP) is 3.57. The van der Waals surface area contributed by atoms with E-state index in [4.69, 9.17) is 0 Å². The molecule has 0 spiro atoms. The number of carbonyl (C=O) groups is 1. The Morgan fingerprint density at radius 2 is 2.00 bits per heavy atom. The van der Waals surface area contributed by atoms with Crippen LogP contribution in [0.4, 0.5) is 0 Å². The monoisotopic (exact) mass is 234 g/mol. The van der Waals surface area contributed by atoms with E-state index in [-0.39, 0.29) is 0 Å². The van der Waals surface area contributed by atoms with E-state index in [2.05, 4.69) is 13.0 Å². The Hall–Kier alpha value is -1.35. The molecule has 1 heterocycles. The fraction of sp³-hybridized carbons (Fsp3) is 0.308. The number of aliphatic carboxylic acids is 1. The van der Waals surface area contributed by atoms with Gasteiger partial charge in [-0.1, -0.05) is 12.1 Å². The Bertz CT molecular complexity index is 552. The van der Waals surface area contributed by atoms with Crippen LogP contribution in [0.1, 0.15) is 24.3 Å². The predicted molar refractivity (Wildman–Crippen MR) is 67.2 cm³/mol. The Morgan fingerprint density at radius 1 is 1.31 bits per heavy atom. The van der Waals surface area contributed by atoms with Crippen molar-refractivity contribution in [1.82, 2.24) is 0 Å². The lowest BCUT2D eigenvalue weighted by Crippen LogP contribution is -2.28. The van der Waals surface area contributed by atoms with Gasteiger partial charge >= 0.3 is 5.97 Å². The Morgan fingerprint density at radius 3 is 2.62 bits per heavy atom. The van der Waals surface area contributed by atoms with Gasteiger partial charge in [-0.2, -0.15) is 0 Å². The molecule has 0 amide bonds. The van der Waals surface area contributed by atoms with Crippen molar-refractivity contribution in [2.24, 2.45) is 0 Å². The lowest BCUT2D eigenvalue weighted by atomic mass is 9.85. The average Bonchev–Trinajstić information content (AvgIpc) is 2.56. The van der Waals surface area contributed by atoms with E-state index < -0.39 is 11.4 Å². The van der Waals surface area contributed by atoms with Crippen molar-refractivity contribution in [1.29, 1.82) is 0 Å². The number of thiophene rings is 1. The Balaban J connectivity index is 2.58. The first-order valence-corrected chi connectivity index (χ1v) is 5.97. The highest BCUT2D eigenvalue weighted by molar-refractivity contribution is 7.19. The first-order chi connectivity index (χ1) is 7.41. The molecule has 0 fully saturated rings. The molecule has 0 aliphatic carbocycles. The molecule has 0 aliphatic rings. The normalized spacial score (nSPS) is 11.9. The molecule has 0 saturated heterocycles. The van der Waals surface area contributed by atoms with Gasteiger partial charge in [0, 0.05) is 9.58 Å². The van der Waals surface area contributed by atoms with Crippen LogP contribution in [0.15, 0.2) is 24.3 Å². The Labute approximate surface area is 98.5 Å². The summed E-state index contributed by atoms with van der Waals surface area (Å²) in [5, 5.41) is 10.4. The molecule has 84 valence electrons. The average molecular weight is 234 g/mol. The summed E-state index contributed by atoms with van der Waals surface area (Å²) in [7, 11) is 0. The number of aryl methyl sites for hydroxylation is 1. The standard InChI is InChI=1S/C13H14O2S/c1-8-6-9-4-5-10(7-11(9)16-8)13(2,3)12(14)15/h4-7H,1-3H3,(H,14,15). The number of fused-ring (bicyclic) bond motifs is 1. The lowest BCUT2D eigenvalue weighted by Gasteiger charge is -2.19. The molecule has 2 rings (SSSR count). The van der Waals surface area contributed by atoms with Crippen molar-refractivity contribution in [3.63, 3.8) is 0 Å². The fourth-order valence-corrected chi connectivity index (χ4v) is 2.64. The van der Waals surface area contributed by atoms with Crippen LogP contribution < -0.4 is 0 Å². The third kappa shape index (κ3) is 1.71. The lowest BCUT2D eigenvalue weighted by molar-refractivity contribution is -0.142. The quantitative estimate of drug-likeness (QED) is 0.862. The maximum Gasteiger partial charge on any atom is 0.313 e. The minimum atomic E-state index is -0.827. The van der Waals surface area contributed by atoms with Crippen LogP contribution in [0, 0.1) is 6.92 Å². The zero-order valence-corrected chi connectivity index (χ0v) is 10.4. The van der Waals surface area contributed by atoms with Gasteiger partial charge in [0.2, 0.25) is 0 Å². The topological polar surface area (TPSA) is 37.3 Å². The molecule has 1 N–H and O–H groups in total. The number of hydrogen-bond acceptors (Lipinski definition) is 2. The van der Waals surface area contributed by atoms with Gasteiger partial charge in [-0.3, -0.25) is 4.79 Å². The number of carboxylic acid groups (broad SMARTS) is 1. The summed E-state index contributed by atoms with van der Waals surface area (Å²) in [5.74, 6) is -0.792. The van der Waals surface area contributed by atoms with Crippen molar-refractivity contribution in [2.45, 2.75) is 26.2 Å². The molecule has 0 unspecified atom stereocenters. The van der Waals surface area contributed by atoms with E-state index in [1.165, 1.54) is 10.3 Å². The summed E-state index contributed by atoms with van der Waals surface area (Å²) >= 11 is 1.70. The molecule has 2 aromatic rings. The number of benzene rings is 1. The van der Waals surface area contributed by atoms with Crippen molar-refractivity contribution in [2.75, 3.05) is 0 Å². The molecule has 3 heteroatoms. The second-order valence-electron chi connectivity index (χ2n) is 4.54. The SMILES string of the molecule is Cc1cc2ccc(C(C)(C)C(=O)O)cc2s1. The number of rotatable bonds is 2. The van der Waals surface area contributed by atoms with E-state index in [9.17, 15) is 9.90 Å². The second kappa shape index (κ2) is 3.59. The summed E-state index contributed by atoms with van der Waals surface area (Å²) in [6.07, 6.45) is 0. The van der Waals surface area contributed by atoms with E-state index in [0.29, 0.717) is 0 Å². The second-order valence-corrected chi connectivity index (χ2v) is 5.83. The third-order valence-corrected chi connectivity index (χ3v) is 3.91. The third-order valence-electron chi connectivity index (χ3n) is 2.90. The molecule has 2 nitrogen and oxygen atoms in total. The summed E-state index contributed by atoms with van der Waals surface area (Å²) in [4.78, 5) is 12.4. The molecule has 1 aromatic heterocycles. The van der Waals surface area contributed by atoms with Crippen LogP contribution >= 0.6 is 11.3 Å². The minimum Gasteiger partial charge on any atom is -0.481 e. The smallest absolute Gasteiger partial charge is 0.313 e. The highest BCUT2D eigenvalue weighted by Crippen LogP contribution is 2.31. The first-order valence-electron chi connectivity index (χ1n) is 5.15. The fourth-order valence-electron chi connectivity index (χ4n) is 1.68. The molecule has 0 radical (unpaired) electrons. The highest BCUT2D eigenvalue weighted by Gasteiger charge is 2.29. The largest absolute Gasteiger partial charge is 0.481 e. The van der Waals surface area contributed by atoms with E-state index in [0.717, 1.165) is 10.3 Å². The van der Waals surface area contributed by atoms with Crippen LogP contribution in [0.3, 0.4) is 0 Å². The molecule has 1 aromatic carbocycles. The number of hydrogen-bond donors (Lipinski definition) is 1. The maximum absolute atomic E-state index is 11.2. The van der Waals surface area contributed by atoms with Gasteiger partial charge in [0.05, 0.1) is 5.41 Å². The van der Waals surface area contributed by atoms with Crippen molar-refractivity contribution in [3.05, 3.63) is 34.7 Å². The molecule has 0 aliphatic heterocycles. The van der Waals surface area contributed by atoms with E-state index in [1.54, 1.807) is 25.2 Å². The maximum atomic E-state index is 11.2. The molecular weight excluding hydrogens is 220 g/mol. The first kappa shape index (κ1) is 11.1. The summed E-state index contributed by atoms with van der Waals surface area (Å²) < 4.78 is 1.16. The van der Waals surface area contributed by atoms with Gasteiger partial charge in [0.15, 0.2) is 0 Å². The summed E-state index contributed by atoms with van der Waals surface area (Å²) in [6, 6.07) is 8.01. The minimum absolute atomic E-state index is 0.792. The van der Waals surface area contributed by atoms with Crippen LogP contribution in [0.2, 0.25) is 0 Å². The van der Waals surface area contributed by atoms with Crippen molar-refractivity contribution >= 4 is 27.4 Å². The van der Waals surface area contributed by atoms with Crippen LogP contribution in [0.5, 0.6) is 0 Å². The zero-order chi connectivity index (χ0) is 11.9. The molecular formula is C13H14O2S. The zero-order valence-electron chi connectivity index (χ0n) is 9.57. The number of carboxylic acids is 1. The molecule has 0 atom stereocenters. The van der Waals surface area contributed by atoms with E-state index in [1.807, 2.05) is 18.2 Å².